The molecule has 0 aromatic carbocycles. The minimum Gasteiger partial charge on any atom is -0.469 e. The molecule has 0 aliphatic rings. The highest BCUT2D eigenvalue weighted by Gasteiger charge is 2.14. The number of halogens is 2. The molecule has 8 nitrogen and oxygen atoms in total. The van der Waals surface area contributed by atoms with Gasteiger partial charge in [0.15, 0.2) is 11.6 Å². The van der Waals surface area contributed by atoms with E-state index in [1.807, 2.05) is 67.3 Å². The van der Waals surface area contributed by atoms with Crippen LogP contribution in [-0.4, -0.2) is 0 Å². The third kappa shape index (κ3) is 19.6. The third-order valence-corrected chi connectivity index (χ3v) is 13.1. The molecule has 10 heteroatoms. The van der Waals surface area contributed by atoms with Crippen molar-refractivity contribution in [3.63, 3.8) is 0 Å². The first-order valence-electron chi connectivity index (χ1n) is 25.0. The van der Waals surface area contributed by atoms with Gasteiger partial charge in [-0.2, -0.15) is 0 Å². The van der Waals surface area contributed by atoms with Gasteiger partial charge in [-0.1, -0.05) is 55.4 Å². The van der Waals surface area contributed by atoms with Crippen molar-refractivity contribution in [2.24, 2.45) is 0 Å². The fraction of sp³-hybridized carbons (Fsp3) is 0.484. The maximum atomic E-state index is 12.2. The highest BCUT2D eigenvalue weighted by molar-refractivity contribution is 5.31. The summed E-state index contributed by atoms with van der Waals surface area (Å²) in [7, 11) is 0. The fourth-order valence-electron chi connectivity index (χ4n) is 6.64. The van der Waals surface area contributed by atoms with E-state index in [-0.39, 0.29) is 11.6 Å². The van der Waals surface area contributed by atoms with E-state index in [2.05, 4.69) is 104 Å². The molecule has 400 valence electrons. The number of hydrogen-bond acceptors (Lipinski definition) is 8. The van der Waals surface area contributed by atoms with E-state index in [1.54, 1.807) is 46.5 Å². The predicted octanol–water partition coefficient (Wildman–Crippen LogP) is 20.6. The third-order valence-electron chi connectivity index (χ3n) is 13.1. The van der Waals surface area contributed by atoms with E-state index in [9.17, 15) is 8.78 Å². The van der Waals surface area contributed by atoms with Gasteiger partial charge in [0.1, 0.15) is 58.6 Å². The van der Waals surface area contributed by atoms with Gasteiger partial charge in [-0.3, -0.25) is 0 Å². The summed E-state index contributed by atoms with van der Waals surface area (Å²) in [6.45, 7) is 52.9. The zero-order valence-electron chi connectivity index (χ0n) is 49.0. The van der Waals surface area contributed by atoms with Crippen LogP contribution in [0.25, 0.3) is 0 Å². The first-order valence-corrected chi connectivity index (χ1v) is 25.0. The molecule has 0 saturated heterocycles. The topological polar surface area (TPSA) is 105 Å². The molecule has 0 aliphatic carbocycles. The molecule has 72 heavy (non-hydrogen) atoms. The van der Waals surface area contributed by atoms with E-state index in [1.165, 1.54) is 66.8 Å². The van der Waals surface area contributed by atoms with Crippen molar-refractivity contribution >= 4 is 0 Å². The largest absolute Gasteiger partial charge is 0.469 e. The zero-order valence-corrected chi connectivity index (χ0v) is 49.0. The molecule has 0 aliphatic heterocycles. The lowest BCUT2D eigenvalue weighted by atomic mass is 9.98. The molecule has 0 saturated carbocycles. The van der Waals surface area contributed by atoms with Crippen molar-refractivity contribution in [2.75, 3.05) is 0 Å². The maximum Gasteiger partial charge on any atom is 0.164 e. The van der Waals surface area contributed by atoms with Gasteiger partial charge in [0.2, 0.25) is 0 Å². The van der Waals surface area contributed by atoms with Gasteiger partial charge in [-0.15, -0.1) is 0 Å². The van der Waals surface area contributed by atoms with Crippen LogP contribution in [0.2, 0.25) is 0 Å². The highest BCUT2D eigenvalue weighted by Crippen LogP contribution is 2.29. The molecule has 8 rings (SSSR count). The predicted molar refractivity (Wildman–Crippen MR) is 291 cm³/mol. The van der Waals surface area contributed by atoms with Crippen LogP contribution in [-0.2, 0) is 0 Å². The first kappa shape index (κ1) is 64.1. The van der Waals surface area contributed by atoms with E-state index >= 15 is 0 Å². The van der Waals surface area contributed by atoms with Gasteiger partial charge in [0.05, 0.1) is 37.6 Å². The van der Waals surface area contributed by atoms with E-state index in [0.29, 0.717) is 46.3 Å². The maximum absolute atomic E-state index is 12.2. The van der Waals surface area contributed by atoms with E-state index in [4.69, 9.17) is 35.3 Å². The van der Waals surface area contributed by atoms with Crippen LogP contribution >= 0.6 is 0 Å². The van der Waals surface area contributed by atoms with Crippen LogP contribution in [0.4, 0.5) is 8.78 Å². The summed E-state index contributed by atoms with van der Waals surface area (Å²) in [4.78, 5) is 0. The van der Waals surface area contributed by atoms with E-state index < -0.39 is 0 Å². The van der Waals surface area contributed by atoms with Crippen molar-refractivity contribution < 1.29 is 44.1 Å². The highest BCUT2D eigenvalue weighted by atomic mass is 19.1. The summed E-state index contributed by atoms with van der Waals surface area (Å²) in [6.07, 6.45) is 13.2. The number of hydrogen-bond donors (Lipinski definition) is 0. The average molecular weight is 1000 g/mol. The molecular weight excluding hydrogens is 911 g/mol. The molecule has 0 amide bonds. The van der Waals surface area contributed by atoms with Crippen molar-refractivity contribution in [1.29, 1.82) is 0 Å². The Morgan fingerprint density at radius 1 is 0.250 bits per heavy atom. The lowest BCUT2D eigenvalue weighted by Crippen LogP contribution is -1.91. The SMILES string of the molecule is Cc1c(C(C)C)coc1C(C)C.Cc1coc(C(C)C)c1C.Cc1coc(C)c1C.Cc1coc(C)c1C.Cc1coc(C)c1C.Cc1occ(C(C)C)c1C.Cc1occ(F)c1C.Cc1occ(F)c1C. The van der Waals surface area contributed by atoms with Gasteiger partial charge in [0.25, 0.3) is 0 Å². The van der Waals surface area contributed by atoms with Crippen molar-refractivity contribution in [2.45, 2.75) is 204 Å². The molecule has 0 bridgehead atoms. The molecule has 0 radical (unpaired) electrons. The molecule has 0 N–H and O–H groups in total. The Kier molecular flexibility index (Phi) is 26.9. The Hall–Kier alpha value is -5.90. The Bertz CT molecular complexity index is 2340. The second kappa shape index (κ2) is 30.2. The molecule has 8 aromatic heterocycles. The molecule has 8 aromatic rings. The van der Waals surface area contributed by atoms with Gasteiger partial charge >= 0.3 is 0 Å². The normalized spacial score (nSPS) is 10.4. The molecular formula is C62H90F2O8. The van der Waals surface area contributed by atoms with Crippen LogP contribution in [0.5, 0.6) is 0 Å². The first-order chi connectivity index (χ1) is 33.4. The monoisotopic (exact) mass is 1000 g/mol. The minimum absolute atomic E-state index is 0.262. The Balaban J connectivity index is 0.000000413. The number of rotatable bonds is 4. The van der Waals surface area contributed by atoms with Gasteiger partial charge in [0, 0.05) is 23.0 Å². The lowest BCUT2D eigenvalue weighted by molar-refractivity contribution is 0.482. The zero-order chi connectivity index (χ0) is 55.5. The molecule has 0 atom stereocenters. The van der Waals surface area contributed by atoms with Crippen LogP contribution < -0.4 is 0 Å². The summed E-state index contributed by atoms with van der Waals surface area (Å²) in [5.74, 6) is 9.34. The molecule has 0 spiro atoms. The second-order valence-electron chi connectivity index (χ2n) is 19.9. The van der Waals surface area contributed by atoms with Gasteiger partial charge in [-0.25, -0.2) is 8.78 Å². The Labute approximate surface area is 432 Å². The summed E-state index contributed by atoms with van der Waals surface area (Å²) in [6, 6.07) is 0. The smallest absolute Gasteiger partial charge is 0.164 e. The van der Waals surface area contributed by atoms with Crippen molar-refractivity contribution in [1.82, 2.24) is 0 Å². The average Bonchev–Trinajstić information content (AvgIpc) is 4.23. The second-order valence-corrected chi connectivity index (χ2v) is 19.9. The Morgan fingerprint density at radius 3 is 0.611 bits per heavy atom. The Morgan fingerprint density at radius 2 is 0.486 bits per heavy atom. The van der Waals surface area contributed by atoms with Gasteiger partial charge in [-0.05, 0) is 203 Å². The summed E-state index contributed by atoms with van der Waals surface area (Å²) >= 11 is 0. The summed E-state index contributed by atoms with van der Waals surface area (Å²) < 4.78 is 65.3. The molecule has 0 unspecified atom stereocenters. The quantitative estimate of drug-likeness (QED) is 0.172. The standard InChI is InChI=1S/C11H18O.2C9H14O.3C7H10O.2C6H7FO/c1-7(2)10-6-12-11(8(3)4)9(10)5;1-6(2)9-5-10-8(4)7(9)3;1-6(2)9-8(4)7(3)5-10-9;3*1-5-4-8-7(3)6(5)2;2*1-4-5(2)8-3-6(4)7/h6-8H,1-5H3;2*5-6H,1-4H3;3*4H,1-3H3;2*3H,1-2H3. The van der Waals surface area contributed by atoms with Crippen LogP contribution in [0.15, 0.2) is 85.4 Å². The van der Waals surface area contributed by atoms with Gasteiger partial charge < -0.3 is 35.3 Å². The van der Waals surface area contributed by atoms with Crippen LogP contribution in [0.3, 0.4) is 0 Å². The number of aryl methyl sites for hydroxylation is 10. The summed E-state index contributed by atoms with van der Waals surface area (Å²) in [5.41, 5.74) is 16.6. The minimum atomic E-state index is -0.262. The van der Waals surface area contributed by atoms with E-state index in [0.717, 1.165) is 47.1 Å². The van der Waals surface area contributed by atoms with Crippen LogP contribution in [0, 0.1) is 136 Å². The van der Waals surface area contributed by atoms with Crippen molar-refractivity contribution in [3.05, 3.63) is 186 Å². The molecule has 0 fully saturated rings. The fourth-order valence-corrected chi connectivity index (χ4v) is 6.64. The molecule has 8 heterocycles. The lowest BCUT2D eigenvalue weighted by Gasteiger charge is -2.04. The number of furan rings is 8. The van der Waals surface area contributed by atoms with Crippen molar-refractivity contribution in [3.8, 4) is 0 Å². The van der Waals surface area contributed by atoms with Crippen LogP contribution in [0.1, 0.15) is 203 Å². The summed E-state index contributed by atoms with van der Waals surface area (Å²) in [5, 5.41) is 0.